The molecule has 1 aromatic carbocycles. The Morgan fingerprint density at radius 2 is 1.83 bits per heavy atom. The lowest BCUT2D eigenvalue weighted by molar-refractivity contribution is -0.182. The molecule has 1 nitrogen and oxygen atoms in total. The largest absolute Gasteiger partial charge is 0.294 e. The molecule has 5 fully saturated rings. The van der Waals surface area contributed by atoms with Crippen molar-refractivity contribution in [3.63, 3.8) is 0 Å². The molecule has 3 heterocycles. The van der Waals surface area contributed by atoms with Gasteiger partial charge in [-0.2, -0.15) is 0 Å². The molecule has 0 N–H and O–H groups in total. The Morgan fingerprint density at radius 3 is 2.61 bits per heavy atom. The summed E-state index contributed by atoms with van der Waals surface area (Å²) in [4.78, 5) is 3.03. The average molecular weight is 309 g/mol. The summed E-state index contributed by atoms with van der Waals surface area (Å²) < 4.78 is 0. The molecule has 0 radical (unpaired) electrons. The van der Waals surface area contributed by atoms with Gasteiger partial charge in [0.05, 0.1) is 0 Å². The number of piperidine rings is 3. The standard InChI is InChI=1S/C22H31N/c1-16-8-4-5-9-20(16)21-13-18-12-19(14-21)22(10-6-3-7-11-22)23(15-18)17(21)2/h4-5,8-9,17-19H,3,6-7,10-15H2,1-2H3/t17-,18?,19?,21?/m1/s1. The quantitative estimate of drug-likeness (QED) is 0.700. The first-order valence-electron chi connectivity index (χ1n) is 9.99. The zero-order chi connectivity index (χ0) is 15.7. The molecule has 1 heteroatoms. The summed E-state index contributed by atoms with van der Waals surface area (Å²) in [5, 5.41) is 0. The third-order valence-electron chi connectivity index (χ3n) is 8.34. The summed E-state index contributed by atoms with van der Waals surface area (Å²) in [6.45, 7) is 6.30. The van der Waals surface area contributed by atoms with Crippen molar-refractivity contribution in [2.45, 2.75) is 82.2 Å². The van der Waals surface area contributed by atoms with Gasteiger partial charge < -0.3 is 0 Å². The van der Waals surface area contributed by atoms with Crippen LogP contribution in [0.25, 0.3) is 0 Å². The zero-order valence-corrected chi connectivity index (χ0v) is 14.9. The normalized spacial score (nSPS) is 43.9. The van der Waals surface area contributed by atoms with Crippen LogP contribution in [0.5, 0.6) is 0 Å². The lowest BCUT2D eigenvalue weighted by Gasteiger charge is -2.71. The second-order valence-electron chi connectivity index (χ2n) is 9.17. The van der Waals surface area contributed by atoms with E-state index in [0.717, 1.165) is 17.9 Å². The van der Waals surface area contributed by atoms with Crippen LogP contribution in [0.3, 0.4) is 0 Å². The second-order valence-corrected chi connectivity index (χ2v) is 9.17. The van der Waals surface area contributed by atoms with Gasteiger partial charge in [0.15, 0.2) is 0 Å². The summed E-state index contributed by atoms with van der Waals surface area (Å²) in [6, 6.07) is 10.0. The van der Waals surface area contributed by atoms with E-state index in [1.807, 2.05) is 0 Å². The highest BCUT2D eigenvalue weighted by Gasteiger charge is 2.64. The number of hydrogen-bond acceptors (Lipinski definition) is 1. The third-order valence-corrected chi connectivity index (χ3v) is 8.34. The molecule has 5 aliphatic rings. The number of benzene rings is 1. The van der Waals surface area contributed by atoms with Crippen molar-refractivity contribution >= 4 is 0 Å². The molecule has 4 bridgehead atoms. The minimum Gasteiger partial charge on any atom is -0.294 e. The van der Waals surface area contributed by atoms with Crippen molar-refractivity contribution in [3.8, 4) is 0 Å². The maximum atomic E-state index is 3.03. The van der Waals surface area contributed by atoms with E-state index in [1.54, 1.807) is 5.56 Å². The topological polar surface area (TPSA) is 3.24 Å². The molecule has 124 valence electrons. The van der Waals surface area contributed by atoms with Crippen molar-refractivity contribution in [2.24, 2.45) is 11.8 Å². The maximum absolute atomic E-state index is 3.03. The highest BCUT2D eigenvalue weighted by molar-refractivity contribution is 5.39. The molecule has 0 amide bonds. The molecule has 3 saturated heterocycles. The van der Waals surface area contributed by atoms with Gasteiger partial charge in [0.2, 0.25) is 0 Å². The molecular formula is C22H31N. The molecule has 3 aliphatic heterocycles. The van der Waals surface area contributed by atoms with Crippen LogP contribution in [0, 0.1) is 18.8 Å². The lowest BCUT2D eigenvalue weighted by atomic mass is 9.47. The van der Waals surface area contributed by atoms with E-state index >= 15 is 0 Å². The summed E-state index contributed by atoms with van der Waals surface area (Å²) in [7, 11) is 0. The van der Waals surface area contributed by atoms with Crippen molar-refractivity contribution in [3.05, 3.63) is 35.4 Å². The van der Waals surface area contributed by atoms with Crippen molar-refractivity contribution in [1.82, 2.24) is 4.90 Å². The van der Waals surface area contributed by atoms with Gasteiger partial charge in [0.1, 0.15) is 0 Å². The van der Waals surface area contributed by atoms with Crippen LogP contribution in [0.1, 0.15) is 69.4 Å². The summed E-state index contributed by atoms with van der Waals surface area (Å²) >= 11 is 0. The fourth-order valence-electron chi connectivity index (χ4n) is 7.47. The number of rotatable bonds is 1. The van der Waals surface area contributed by atoms with Crippen molar-refractivity contribution in [2.75, 3.05) is 6.54 Å². The Kier molecular flexibility index (Phi) is 3.06. The van der Waals surface area contributed by atoms with Gasteiger partial charge in [-0.1, -0.05) is 43.5 Å². The van der Waals surface area contributed by atoms with E-state index in [4.69, 9.17) is 0 Å². The molecule has 6 rings (SSSR count). The highest BCUT2D eigenvalue weighted by atomic mass is 15.3. The predicted molar refractivity (Wildman–Crippen MR) is 95.7 cm³/mol. The van der Waals surface area contributed by atoms with Crippen molar-refractivity contribution < 1.29 is 0 Å². The molecule has 2 saturated carbocycles. The molecular weight excluding hydrogens is 278 g/mol. The Morgan fingerprint density at radius 1 is 1.04 bits per heavy atom. The summed E-state index contributed by atoms with van der Waals surface area (Å²) in [5.41, 5.74) is 4.23. The molecule has 2 aliphatic carbocycles. The van der Waals surface area contributed by atoms with Crippen LogP contribution < -0.4 is 0 Å². The SMILES string of the molecule is Cc1ccccc1C12CC3CC(C1)C1(CCCCC1)N(C3)[C@@H]2C. The molecule has 4 unspecified atom stereocenters. The average Bonchev–Trinajstić information content (AvgIpc) is 2.58. The number of hydrogen-bond donors (Lipinski definition) is 0. The van der Waals surface area contributed by atoms with Gasteiger partial charge >= 0.3 is 0 Å². The van der Waals surface area contributed by atoms with Crippen LogP contribution in [0.4, 0.5) is 0 Å². The smallest absolute Gasteiger partial charge is 0.0241 e. The van der Waals surface area contributed by atoms with Crippen LogP contribution in [0.2, 0.25) is 0 Å². The van der Waals surface area contributed by atoms with Gasteiger partial charge in [-0.25, -0.2) is 0 Å². The molecule has 1 spiro atoms. The van der Waals surface area contributed by atoms with Gasteiger partial charge in [-0.15, -0.1) is 0 Å². The number of nitrogens with zero attached hydrogens (tertiary/aromatic N) is 1. The van der Waals surface area contributed by atoms with Gasteiger partial charge in [0, 0.05) is 23.5 Å². The van der Waals surface area contributed by atoms with E-state index in [9.17, 15) is 0 Å². The first-order chi connectivity index (χ1) is 11.2. The van der Waals surface area contributed by atoms with Crippen LogP contribution in [0.15, 0.2) is 24.3 Å². The Labute approximate surface area is 141 Å². The van der Waals surface area contributed by atoms with E-state index in [-0.39, 0.29) is 0 Å². The fraction of sp³-hybridized carbons (Fsp3) is 0.727. The van der Waals surface area contributed by atoms with Crippen LogP contribution in [-0.2, 0) is 5.41 Å². The highest BCUT2D eigenvalue weighted by Crippen LogP contribution is 2.63. The molecule has 0 aromatic heterocycles. The van der Waals surface area contributed by atoms with Crippen LogP contribution in [-0.4, -0.2) is 23.0 Å². The first-order valence-corrected chi connectivity index (χ1v) is 9.99. The fourth-order valence-corrected chi connectivity index (χ4v) is 7.47. The first kappa shape index (κ1) is 14.5. The minimum atomic E-state index is 0.444. The monoisotopic (exact) mass is 309 g/mol. The van der Waals surface area contributed by atoms with Crippen LogP contribution >= 0.6 is 0 Å². The van der Waals surface area contributed by atoms with Gasteiger partial charge in [-0.05, 0) is 68.9 Å². The minimum absolute atomic E-state index is 0.444. The summed E-state index contributed by atoms with van der Waals surface area (Å²) in [6.07, 6.45) is 11.8. The Bertz CT molecular complexity index is 614. The predicted octanol–water partition coefficient (Wildman–Crippen LogP) is 5.07. The van der Waals surface area contributed by atoms with E-state index in [1.165, 1.54) is 63.5 Å². The van der Waals surface area contributed by atoms with E-state index < -0.39 is 0 Å². The maximum Gasteiger partial charge on any atom is 0.0241 e. The zero-order valence-electron chi connectivity index (χ0n) is 14.9. The number of aryl methyl sites for hydroxylation is 1. The molecule has 5 atom stereocenters. The van der Waals surface area contributed by atoms with Crippen molar-refractivity contribution in [1.29, 1.82) is 0 Å². The Balaban J connectivity index is 1.61. The van der Waals surface area contributed by atoms with Gasteiger partial charge in [-0.3, -0.25) is 4.90 Å². The molecule has 1 aromatic rings. The summed E-state index contributed by atoms with van der Waals surface area (Å²) in [5.74, 6) is 1.92. The van der Waals surface area contributed by atoms with E-state index in [0.29, 0.717) is 11.0 Å². The van der Waals surface area contributed by atoms with Gasteiger partial charge in [0.25, 0.3) is 0 Å². The Hall–Kier alpha value is -0.820. The molecule has 23 heavy (non-hydrogen) atoms. The lowest BCUT2D eigenvalue weighted by Crippen LogP contribution is -2.75. The third kappa shape index (κ3) is 1.78. The van der Waals surface area contributed by atoms with E-state index in [2.05, 4.69) is 43.0 Å². The second kappa shape index (κ2) is 4.85.